The molecule has 0 spiro atoms. The highest BCUT2D eigenvalue weighted by Gasteiger charge is 2.15. The van der Waals surface area contributed by atoms with E-state index in [2.05, 4.69) is 29.2 Å². The Hall–Kier alpha value is -1.57. The van der Waals surface area contributed by atoms with Gasteiger partial charge in [-0.2, -0.15) is 0 Å². The molecule has 94 valence electrons. The van der Waals surface area contributed by atoms with Crippen molar-refractivity contribution in [3.8, 4) is 11.3 Å². The molecule has 0 atom stereocenters. The van der Waals surface area contributed by atoms with E-state index in [1.165, 1.54) is 37.7 Å². The Labute approximate surface area is 108 Å². The first-order chi connectivity index (χ1) is 8.83. The predicted octanol–water partition coefficient (Wildman–Crippen LogP) is 4.70. The molecule has 18 heavy (non-hydrogen) atoms. The number of aryl methyl sites for hydroxylation is 1. The van der Waals surface area contributed by atoms with Gasteiger partial charge in [-0.05, 0) is 24.3 Å². The molecule has 2 aromatic rings. The fraction of sp³-hybridized carbons (Fsp3) is 0.438. The van der Waals surface area contributed by atoms with Crippen LogP contribution in [0.2, 0.25) is 0 Å². The van der Waals surface area contributed by atoms with Crippen LogP contribution < -0.4 is 0 Å². The van der Waals surface area contributed by atoms with E-state index in [4.69, 9.17) is 4.42 Å². The van der Waals surface area contributed by atoms with Crippen molar-refractivity contribution in [2.24, 2.45) is 0 Å². The van der Waals surface area contributed by atoms with E-state index in [9.17, 15) is 0 Å². The molecule has 1 saturated carbocycles. The van der Waals surface area contributed by atoms with Gasteiger partial charge < -0.3 is 4.42 Å². The molecule has 1 heterocycles. The number of nitrogens with zero attached hydrogens (tertiary/aromatic N) is 1. The van der Waals surface area contributed by atoms with Gasteiger partial charge >= 0.3 is 0 Å². The molecule has 3 rings (SSSR count). The van der Waals surface area contributed by atoms with Gasteiger partial charge in [-0.3, -0.25) is 0 Å². The second-order valence-corrected chi connectivity index (χ2v) is 5.21. The maximum absolute atomic E-state index is 5.25. The Balaban J connectivity index is 1.80. The minimum atomic E-state index is 0.723. The van der Waals surface area contributed by atoms with Crippen molar-refractivity contribution in [3.63, 3.8) is 0 Å². The molecule has 0 amide bonds. The van der Waals surface area contributed by atoms with E-state index in [0.29, 0.717) is 0 Å². The van der Waals surface area contributed by atoms with Crippen molar-refractivity contribution in [2.45, 2.75) is 44.9 Å². The van der Waals surface area contributed by atoms with E-state index in [0.717, 1.165) is 23.1 Å². The Kier molecular flexibility index (Phi) is 3.18. The van der Waals surface area contributed by atoms with E-state index in [-0.39, 0.29) is 0 Å². The summed E-state index contributed by atoms with van der Waals surface area (Å²) in [4.78, 5) is 4.36. The Morgan fingerprint density at radius 3 is 2.39 bits per heavy atom. The molecule has 1 aliphatic rings. The molecule has 0 unspecified atom stereocenters. The maximum atomic E-state index is 5.25. The number of benzene rings is 1. The normalized spacial score (nSPS) is 16.9. The first kappa shape index (κ1) is 11.5. The fourth-order valence-corrected chi connectivity index (χ4v) is 2.86. The lowest BCUT2D eigenvalue weighted by molar-refractivity contribution is 0.443. The number of rotatable bonds is 2. The number of hydrogen-bond donors (Lipinski definition) is 0. The first-order valence-electron chi connectivity index (χ1n) is 6.85. The monoisotopic (exact) mass is 241 g/mol. The van der Waals surface area contributed by atoms with Crippen molar-refractivity contribution in [1.29, 1.82) is 0 Å². The van der Waals surface area contributed by atoms with Crippen LogP contribution in [0.25, 0.3) is 11.3 Å². The highest BCUT2D eigenvalue weighted by molar-refractivity contribution is 5.58. The second kappa shape index (κ2) is 4.97. The Morgan fingerprint density at radius 2 is 1.78 bits per heavy atom. The quantitative estimate of drug-likeness (QED) is 0.761. The number of hydrogen-bond acceptors (Lipinski definition) is 2. The van der Waals surface area contributed by atoms with Gasteiger partial charge in [-0.15, -0.1) is 0 Å². The van der Waals surface area contributed by atoms with E-state index < -0.39 is 0 Å². The number of aromatic nitrogens is 1. The van der Waals surface area contributed by atoms with Crippen LogP contribution >= 0.6 is 0 Å². The van der Waals surface area contributed by atoms with Crippen LogP contribution in [0.5, 0.6) is 0 Å². The maximum Gasteiger partial charge on any atom is 0.191 e. The molecule has 1 aromatic heterocycles. The van der Waals surface area contributed by atoms with Crippen molar-refractivity contribution in [1.82, 2.24) is 4.98 Å². The van der Waals surface area contributed by atoms with Crippen molar-refractivity contribution in [3.05, 3.63) is 42.0 Å². The molecule has 2 heteroatoms. The summed E-state index contributed by atoms with van der Waals surface area (Å²) < 4.78 is 5.25. The van der Waals surface area contributed by atoms with Gasteiger partial charge in [0.1, 0.15) is 12.0 Å². The SMILES string of the molecule is Cc1nc(-c2ccc(C3CCCCC3)cc2)co1. The molecule has 0 radical (unpaired) electrons. The van der Waals surface area contributed by atoms with Gasteiger partial charge in [0.05, 0.1) is 0 Å². The van der Waals surface area contributed by atoms with E-state index in [1.54, 1.807) is 6.26 Å². The molecule has 1 fully saturated rings. The summed E-state index contributed by atoms with van der Waals surface area (Å²) in [7, 11) is 0. The van der Waals surface area contributed by atoms with Gasteiger partial charge in [0.2, 0.25) is 0 Å². The topological polar surface area (TPSA) is 26.0 Å². The molecular weight excluding hydrogens is 222 g/mol. The fourth-order valence-electron chi connectivity index (χ4n) is 2.86. The Morgan fingerprint density at radius 1 is 1.06 bits per heavy atom. The van der Waals surface area contributed by atoms with Crippen LogP contribution in [0.1, 0.15) is 49.5 Å². The predicted molar refractivity (Wildman–Crippen MR) is 72.5 cm³/mol. The third-order valence-corrected chi connectivity index (χ3v) is 3.90. The lowest BCUT2D eigenvalue weighted by atomic mass is 9.84. The molecule has 1 aromatic carbocycles. The molecular formula is C16H19NO. The Bertz CT molecular complexity index is 506. The molecule has 0 N–H and O–H groups in total. The summed E-state index contributed by atoms with van der Waals surface area (Å²) in [5.41, 5.74) is 3.56. The summed E-state index contributed by atoms with van der Waals surface area (Å²) in [6.45, 7) is 1.87. The van der Waals surface area contributed by atoms with Crippen LogP contribution in [0.15, 0.2) is 34.9 Å². The second-order valence-electron chi connectivity index (χ2n) is 5.21. The van der Waals surface area contributed by atoms with Gasteiger partial charge in [0.15, 0.2) is 5.89 Å². The van der Waals surface area contributed by atoms with Crippen LogP contribution in [-0.4, -0.2) is 4.98 Å². The highest BCUT2D eigenvalue weighted by Crippen LogP contribution is 2.33. The lowest BCUT2D eigenvalue weighted by Gasteiger charge is -2.21. The third kappa shape index (κ3) is 2.33. The summed E-state index contributed by atoms with van der Waals surface area (Å²) >= 11 is 0. The zero-order valence-corrected chi connectivity index (χ0v) is 10.9. The molecule has 0 bridgehead atoms. The minimum Gasteiger partial charge on any atom is -0.449 e. The largest absolute Gasteiger partial charge is 0.449 e. The van der Waals surface area contributed by atoms with Gasteiger partial charge in [-0.25, -0.2) is 4.98 Å². The summed E-state index contributed by atoms with van der Waals surface area (Å²) in [6.07, 6.45) is 8.60. The molecule has 2 nitrogen and oxygen atoms in total. The smallest absolute Gasteiger partial charge is 0.191 e. The van der Waals surface area contributed by atoms with Crippen LogP contribution in [0.4, 0.5) is 0 Å². The summed E-state index contributed by atoms with van der Waals surface area (Å²) in [5, 5.41) is 0. The van der Waals surface area contributed by atoms with Gasteiger partial charge in [0.25, 0.3) is 0 Å². The van der Waals surface area contributed by atoms with Crippen LogP contribution in [0, 0.1) is 6.92 Å². The van der Waals surface area contributed by atoms with Crippen LogP contribution in [0.3, 0.4) is 0 Å². The molecule has 0 saturated heterocycles. The number of oxazole rings is 1. The van der Waals surface area contributed by atoms with E-state index in [1.807, 2.05) is 6.92 Å². The van der Waals surface area contributed by atoms with Gasteiger partial charge in [0, 0.05) is 12.5 Å². The average Bonchev–Trinajstić information content (AvgIpc) is 2.87. The zero-order chi connectivity index (χ0) is 12.4. The van der Waals surface area contributed by atoms with Gasteiger partial charge in [-0.1, -0.05) is 43.5 Å². The minimum absolute atomic E-state index is 0.723. The van der Waals surface area contributed by atoms with Crippen LogP contribution in [-0.2, 0) is 0 Å². The van der Waals surface area contributed by atoms with Crippen molar-refractivity contribution < 1.29 is 4.42 Å². The van der Waals surface area contributed by atoms with E-state index >= 15 is 0 Å². The van der Waals surface area contributed by atoms with Crippen molar-refractivity contribution >= 4 is 0 Å². The zero-order valence-electron chi connectivity index (χ0n) is 10.9. The molecule has 0 aliphatic heterocycles. The average molecular weight is 241 g/mol. The lowest BCUT2D eigenvalue weighted by Crippen LogP contribution is -2.04. The third-order valence-electron chi connectivity index (χ3n) is 3.90. The summed E-state index contributed by atoms with van der Waals surface area (Å²) in [6, 6.07) is 8.85. The molecule has 1 aliphatic carbocycles. The first-order valence-corrected chi connectivity index (χ1v) is 6.85. The summed E-state index contributed by atoms with van der Waals surface area (Å²) in [5.74, 6) is 1.49. The highest BCUT2D eigenvalue weighted by atomic mass is 16.3. The van der Waals surface area contributed by atoms with Crippen molar-refractivity contribution in [2.75, 3.05) is 0 Å². The standard InChI is InChI=1S/C16H19NO/c1-12-17-16(11-18-12)15-9-7-14(8-10-15)13-5-3-2-4-6-13/h7-11,13H,2-6H2,1H3.